The Morgan fingerprint density at radius 1 is 0.286 bits per heavy atom. The van der Waals surface area contributed by atoms with Crippen LogP contribution < -0.4 is 0 Å². The minimum atomic E-state index is 0.444. The zero-order chi connectivity index (χ0) is 74.6. The summed E-state index contributed by atoms with van der Waals surface area (Å²) in [6, 6.07) is 128. The molecule has 0 bridgehead atoms. The molecule has 9 heteroatoms. The molecule has 112 heavy (non-hydrogen) atoms. The van der Waals surface area contributed by atoms with Gasteiger partial charge in [-0.05, 0) is 180 Å². The van der Waals surface area contributed by atoms with E-state index in [1.807, 2.05) is 91.1 Å². The van der Waals surface area contributed by atoms with Gasteiger partial charge in [0.1, 0.15) is 0 Å². The first-order chi connectivity index (χ1) is 55.4. The highest BCUT2D eigenvalue weighted by Gasteiger charge is 2.21. The number of unbranched alkanes of at least 4 members (excludes halogenated alkanes) is 1. The Morgan fingerprint density at radius 2 is 0.679 bits per heavy atom. The van der Waals surface area contributed by atoms with Gasteiger partial charge in [-0.2, -0.15) is 0 Å². The summed E-state index contributed by atoms with van der Waals surface area (Å²) in [5.41, 5.74) is 24.8. The monoisotopic (exact) mass is 1440 g/mol. The molecule has 0 aliphatic heterocycles. The molecule has 0 N–H and O–H groups in total. The molecule has 0 aliphatic carbocycles. The molecule has 6 heterocycles. The third-order valence-electron chi connectivity index (χ3n) is 22.0. The molecule has 0 saturated carbocycles. The Balaban J connectivity index is 0.000000149. The van der Waals surface area contributed by atoms with Crippen molar-refractivity contribution in [3.8, 4) is 96.4 Å². The number of aromatic nitrogens is 9. The number of fused-ring (bicyclic) bond motifs is 13. The van der Waals surface area contributed by atoms with Crippen LogP contribution in [-0.4, -0.2) is 43.2 Å². The normalized spacial score (nSPS) is 11.8. The van der Waals surface area contributed by atoms with Crippen molar-refractivity contribution in [3.05, 3.63) is 376 Å². The maximum Gasteiger partial charge on any atom is 0.205 e. The van der Waals surface area contributed by atoms with E-state index in [4.69, 9.17) is 15.0 Å². The SMILES string of the molecule is C(#Cc1ncc2ccccc2n1)c1ccc2c(c1)c1ccccc1n2-c1cccc(-c2ccc3c(c2)c2ccccc2n3-c2ccccc2)c1.CCCCC(C)n1c2ccccc2c2cc(-c3ccc(-n4c5ccccc5c5cc(-c6cccc(-c7nc(-c8ccccc8)nc(-c8ccccc8)n7)c6)ccc54)cc3)ccc21. The smallest absolute Gasteiger partial charge is 0.205 e. The molecular formula is C103H73N9. The largest absolute Gasteiger partial charge is 0.338 e. The van der Waals surface area contributed by atoms with Crippen LogP contribution in [0.1, 0.15) is 50.5 Å². The van der Waals surface area contributed by atoms with Gasteiger partial charge in [0.25, 0.3) is 0 Å². The molecule has 0 radical (unpaired) electrons. The van der Waals surface area contributed by atoms with E-state index in [0.29, 0.717) is 29.3 Å². The molecule has 21 aromatic rings. The van der Waals surface area contributed by atoms with Gasteiger partial charge < -0.3 is 18.3 Å². The molecule has 6 aromatic heterocycles. The van der Waals surface area contributed by atoms with Crippen molar-refractivity contribution < 1.29 is 0 Å². The van der Waals surface area contributed by atoms with E-state index in [2.05, 4.69) is 327 Å². The van der Waals surface area contributed by atoms with Gasteiger partial charge in [-0.25, -0.2) is 24.9 Å². The third kappa shape index (κ3) is 12.2. The maximum absolute atomic E-state index is 5.00. The summed E-state index contributed by atoms with van der Waals surface area (Å²) in [5, 5.41) is 10.9. The second-order valence-electron chi connectivity index (χ2n) is 28.9. The van der Waals surface area contributed by atoms with Gasteiger partial charge >= 0.3 is 0 Å². The molecule has 0 aliphatic rings. The van der Waals surface area contributed by atoms with E-state index < -0.39 is 0 Å². The fourth-order valence-electron chi connectivity index (χ4n) is 16.6. The van der Waals surface area contributed by atoms with Crippen LogP contribution in [0.4, 0.5) is 0 Å². The topological polar surface area (TPSA) is 84.2 Å². The van der Waals surface area contributed by atoms with E-state index in [-0.39, 0.29) is 0 Å². The second kappa shape index (κ2) is 28.5. The molecule has 1 atom stereocenters. The number of hydrogen-bond donors (Lipinski definition) is 0. The van der Waals surface area contributed by atoms with E-state index in [0.717, 1.165) is 77.8 Å². The van der Waals surface area contributed by atoms with Gasteiger partial charge in [-0.1, -0.05) is 256 Å². The van der Waals surface area contributed by atoms with Crippen LogP contribution in [0.25, 0.3) is 183 Å². The predicted molar refractivity (Wildman–Crippen MR) is 465 cm³/mol. The quantitative estimate of drug-likeness (QED) is 0.107. The van der Waals surface area contributed by atoms with Crippen LogP contribution in [0.3, 0.4) is 0 Å². The van der Waals surface area contributed by atoms with Gasteiger partial charge in [-0.3, -0.25) is 0 Å². The maximum atomic E-state index is 5.00. The number of rotatable bonds is 13. The lowest BCUT2D eigenvalue weighted by Gasteiger charge is -2.16. The lowest BCUT2D eigenvalue weighted by Crippen LogP contribution is -2.04. The zero-order valence-corrected chi connectivity index (χ0v) is 61.9. The summed E-state index contributed by atoms with van der Waals surface area (Å²) >= 11 is 0. The molecule has 0 amide bonds. The second-order valence-corrected chi connectivity index (χ2v) is 28.9. The Labute approximate surface area is 648 Å². The van der Waals surface area contributed by atoms with Crippen molar-refractivity contribution in [1.82, 2.24) is 43.2 Å². The predicted octanol–water partition coefficient (Wildman–Crippen LogP) is 26.1. The minimum Gasteiger partial charge on any atom is -0.338 e. The van der Waals surface area contributed by atoms with Crippen molar-refractivity contribution >= 4 is 98.1 Å². The fourth-order valence-corrected chi connectivity index (χ4v) is 16.6. The van der Waals surface area contributed by atoms with Crippen molar-refractivity contribution in [2.75, 3.05) is 0 Å². The highest BCUT2D eigenvalue weighted by atomic mass is 15.0. The zero-order valence-electron chi connectivity index (χ0n) is 61.9. The van der Waals surface area contributed by atoms with Crippen molar-refractivity contribution in [1.29, 1.82) is 0 Å². The highest BCUT2D eigenvalue weighted by molar-refractivity contribution is 6.14. The van der Waals surface area contributed by atoms with Crippen LogP contribution in [0.15, 0.2) is 364 Å². The third-order valence-corrected chi connectivity index (χ3v) is 22.0. The van der Waals surface area contributed by atoms with Crippen molar-refractivity contribution in [3.63, 3.8) is 0 Å². The Morgan fingerprint density at radius 3 is 1.28 bits per heavy atom. The van der Waals surface area contributed by atoms with Gasteiger partial charge in [0, 0.05) is 111 Å². The molecule has 0 spiro atoms. The van der Waals surface area contributed by atoms with Crippen LogP contribution in [0.5, 0.6) is 0 Å². The van der Waals surface area contributed by atoms with E-state index in [1.165, 1.54) is 112 Å². The van der Waals surface area contributed by atoms with Gasteiger partial charge in [0.2, 0.25) is 5.82 Å². The van der Waals surface area contributed by atoms with Crippen LogP contribution >= 0.6 is 0 Å². The van der Waals surface area contributed by atoms with E-state index in [9.17, 15) is 0 Å². The average molecular weight is 1440 g/mol. The van der Waals surface area contributed by atoms with E-state index >= 15 is 0 Å². The molecule has 0 saturated heterocycles. The molecule has 530 valence electrons. The Kier molecular flexibility index (Phi) is 17.0. The van der Waals surface area contributed by atoms with Crippen LogP contribution in [-0.2, 0) is 0 Å². The molecule has 9 nitrogen and oxygen atoms in total. The molecule has 1 unspecified atom stereocenters. The fraction of sp³-hybridized carbons (Fsp3) is 0.0583. The molecule has 15 aromatic carbocycles. The molecule has 21 rings (SSSR count). The summed E-state index contributed by atoms with van der Waals surface area (Å²) in [6.07, 6.45) is 5.46. The highest BCUT2D eigenvalue weighted by Crippen LogP contribution is 2.42. The molecule has 0 fully saturated rings. The first-order valence-corrected chi connectivity index (χ1v) is 38.5. The molecular weight excluding hydrogens is 1360 g/mol. The average Bonchev–Trinajstić information content (AvgIpc) is 1.62. The number of benzene rings is 15. The lowest BCUT2D eigenvalue weighted by molar-refractivity contribution is 0.509. The number of para-hydroxylation sites is 6. The number of nitrogens with zero attached hydrogens (tertiary/aromatic N) is 9. The van der Waals surface area contributed by atoms with E-state index in [1.54, 1.807) is 0 Å². The van der Waals surface area contributed by atoms with Crippen LogP contribution in [0.2, 0.25) is 0 Å². The summed E-state index contributed by atoms with van der Waals surface area (Å²) in [5.74, 6) is 8.97. The Hall–Kier alpha value is -14.6. The minimum absolute atomic E-state index is 0.444. The Bertz CT molecular complexity index is 7200. The summed E-state index contributed by atoms with van der Waals surface area (Å²) in [6.45, 7) is 4.64. The lowest BCUT2D eigenvalue weighted by atomic mass is 10.0. The summed E-state index contributed by atoms with van der Waals surface area (Å²) in [7, 11) is 0. The summed E-state index contributed by atoms with van der Waals surface area (Å²) < 4.78 is 9.66. The van der Waals surface area contributed by atoms with Crippen LogP contribution in [0, 0.1) is 11.8 Å². The van der Waals surface area contributed by atoms with Gasteiger partial charge in [0.15, 0.2) is 17.5 Å². The number of hydrogen-bond acceptors (Lipinski definition) is 5. The standard InChI is InChI=1S/C57H45N5.C46H28N4/c1-3-4-16-38(2)61-51-25-13-11-23-47(51)49-36-43(29-33-53(49)61)39-27-31-46(32-28-39)62-52-26-14-12-24-48(52)50-37-44(30-34-54(50)62)42-21-15-22-45(35-42)57-59-55(40-17-7-5-8-18-40)58-56(60-57)41-19-9-6-10-20-41;1-2-13-35(14-3-1)49-42-19-8-6-17-38(42)40-29-33(23-25-45(40)49)32-12-10-15-36(28-32)50-43-20-9-5-16-37(43)39-27-31(21-24-44(39)50)22-26-46-47-30-34-11-4-7-18-41(34)48-46/h5-15,17-38H,3-4,16H2,1-2H3;1-21,23-25,27-30H. The first-order valence-electron chi connectivity index (χ1n) is 38.5. The van der Waals surface area contributed by atoms with Crippen molar-refractivity contribution in [2.45, 2.75) is 39.2 Å². The van der Waals surface area contributed by atoms with Crippen molar-refractivity contribution in [2.24, 2.45) is 0 Å². The van der Waals surface area contributed by atoms with Gasteiger partial charge in [0.05, 0.1) is 38.6 Å². The van der Waals surface area contributed by atoms with Gasteiger partial charge in [-0.15, -0.1) is 0 Å². The summed E-state index contributed by atoms with van der Waals surface area (Å²) in [4.78, 5) is 24.0. The first kappa shape index (κ1) is 66.8.